The predicted octanol–water partition coefficient (Wildman–Crippen LogP) is 5.22. The summed E-state index contributed by atoms with van der Waals surface area (Å²) in [6.07, 6.45) is 0. The zero-order valence-electron chi connectivity index (χ0n) is 18.3. The number of carbonyl (C=O) groups excluding carboxylic acids is 1. The average Bonchev–Trinajstić information content (AvgIpc) is 3.44. The number of rotatable bonds is 5. The van der Waals surface area contributed by atoms with E-state index in [4.69, 9.17) is 13.8 Å². The van der Waals surface area contributed by atoms with Gasteiger partial charge < -0.3 is 13.8 Å². The van der Waals surface area contributed by atoms with Gasteiger partial charge in [0.2, 0.25) is 5.82 Å². The van der Waals surface area contributed by atoms with Gasteiger partial charge >= 0.3 is 5.97 Å². The van der Waals surface area contributed by atoms with Crippen LogP contribution in [-0.4, -0.2) is 26.3 Å². The van der Waals surface area contributed by atoms with Crippen LogP contribution in [0.4, 0.5) is 0 Å². The molecule has 0 spiro atoms. The summed E-state index contributed by atoms with van der Waals surface area (Å²) >= 11 is 0. The number of aromatic nitrogens is 4. The van der Waals surface area contributed by atoms with Gasteiger partial charge in [0, 0.05) is 11.1 Å². The first-order chi connectivity index (χ1) is 16.0. The third-order valence-corrected chi connectivity index (χ3v) is 5.37. The normalized spacial score (nSPS) is 11.1. The zero-order chi connectivity index (χ0) is 22.9. The maximum absolute atomic E-state index is 13.0. The van der Waals surface area contributed by atoms with Gasteiger partial charge in [0.25, 0.3) is 11.6 Å². The minimum Gasteiger partial charge on any atom is -0.452 e. The van der Waals surface area contributed by atoms with E-state index in [1.165, 1.54) is 0 Å². The van der Waals surface area contributed by atoms with Crippen molar-refractivity contribution in [2.75, 3.05) is 0 Å². The van der Waals surface area contributed by atoms with Crippen LogP contribution in [0.5, 0.6) is 0 Å². The molecule has 8 heteroatoms. The predicted molar refractivity (Wildman–Crippen MR) is 120 cm³/mol. The van der Waals surface area contributed by atoms with Crippen molar-refractivity contribution in [3.05, 3.63) is 82.9 Å². The van der Waals surface area contributed by atoms with Gasteiger partial charge in [0.05, 0.1) is 22.3 Å². The van der Waals surface area contributed by atoms with Gasteiger partial charge in [-0.1, -0.05) is 64.4 Å². The first-order valence-electron chi connectivity index (χ1n) is 10.4. The van der Waals surface area contributed by atoms with Crippen molar-refractivity contribution in [1.82, 2.24) is 20.3 Å². The molecule has 3 aromatic heterocycles. The minimum atomic E-state index is -0.558. The molecule has 0 amide bonds. The lowest BCUT2D eigenvalue weighted by molar-refractivity contribution is 0.0432. The molecule has 0 atom stereocenters. The van der Waals surface area contributed by atoms with Crippen molar-refractivity contribution in [2.45, 2.75) is 27.4 Å². The molecule has 2 aromatic carbocycles. The van der Waals surface area contributed by atoms with E-state index in [9.17, 15) is 4.79 Å². The van der Waals surface area contributed by atoms with Gasteiger partial charge in [-0.25, -0.2) is 9.78 Å². The second-order valence-electron chi connectivity index (χ2n) is 7.77. The number of nitrogens with zero attached hydrogens (tertiary/aromatic N) is 4. The van der Waals surface area contributed by atoms with Crippen molar-refractivity contribution in [3.63, 3.8) is 0 Å². The van der Waals surface area contributed by atoms with E-state index in [2.05, 4.69) is 20.3 Å². The topological polar surface area (TPSA) is 104 Å². The Hall–Kier alpha value is -4.33. The zero-order valence-corrected chi connectivity index (χ0v) is 18.3. The Morgan fingerprint density at radius 2 is 1.73 bits per heavy atom. The van der Waals surface area contributed by atoms with Crippen molar-refractivity contribution >= 4 is 17.1 Å². The molecule has 8 nitrogen and oxygen atoms in total. The Morgan fingerprint density at radius 1 is 0.939 bits per heavy atom. The number of ether oxygens (including phenoxy) is 1. The van der Waals surface area contributed by atoms with Crippen molar-refractivity contribution in [2.24, 2.45) is 0 Å². The number of hydrogen-bond donors (Lipinski definition) is 0. The van der Waals surface area contributed by atoms with Crippen LogP contribution < -0.4 is 0 Å². The molecular weight excluding hydrogens is 420 g/mol. The third-order valence-electron chi connectivity index (χ3n) is 5.37. The summed E-state index contributed by atoms with van der Waals surface area (Å²) < 4.78 is 16.1. The van der Waals surface area contributed by atoms with E-state index < -0.39 is 5.97 Å². The Labute approximate surface area is 189 Å². The minimum absolute atomic E-state index is 0.161. The second kappa shape index (κ2) is 8.31. The van der Waals surface area contributed by atoms with Gasteiger partial charge in [0.1, 0.15) is 0 Å². The highest BCUT2D eigenvalue weighted by Gasteiger charge is 2.21. The van der Waals surface area contributed by atoms with Gasteiger partial charge in [-0.3, -0.25) is 0 Å². The van der Waals surface area contributed by atoms with E-state index in [-0.39, 0.29) is 18.2 Å². The molecule has 5 aromatic rings. The number of pyridine rings is 1. The molecule has 0 aliphatic heterocycles. The number of benzene rings is 2. The molecule has 33 heavy (non-hydrogen) atoms. The second-order valence-corrected chi connectivity index (χ2v) is 7.77. The van der Waals surface area contributed by atoms with E-state index in [1.54, 1.807) is 13.0 Å². The summed E-state index contributed by atoms with van der Waals surface area (Å²) in [5.41, 5.74) is 5.59. The number of hydrogen-bond acceptors (Lipinski definition) is 8. The molecule has 0 fully saturated rings. The van der Waals surface area contributed by atoms with E-state index in [0.29, 0.717) is 28.2 Å². The van der Waals surface area contributed by atoms with Gasteiger partial charge in [-0.2, -0.15) is 4.98 Å². The summed E-state index contributed by atoms with van der Waals surface area (Å²) in [6, 6.07) is 17.2. The first kappa shape index (κ1) is 20.6. The summed E-state index contributed by atoms with van der Waals surface area (Å²) in [6.45, 7) is 5.56. The standard InChI is InChI=1S/C25H20N4O4/c1-14-8-10-17(11-9-14)20-12-19(22-16(3)28-33-24(22)26-20)25(30)31-13-21-27-23(29-32-21)18-7-5-4-6-15(18)2/h4-12H,13H2,1-3H3. The van der Waals surface area contributed by atoms with Crippen LogP contribution in [0, 0.1) is 20.8 Å². The van der Waals surface area contributed by atoms with Crippen LogP contribution in [0.2, 0.25) is 0 Å². The summed E-state index contributed by atoms with van der Waals surface area (Å²) in [7, 11) is 0. The molecule has 0 saturated carbocycles. The molecule has 5 rings (SSSR count). The molecule has 0 N–H and O–H groups in total. The number of fused-ring (bicyclic) bond motifs is 1. The van der Waals surface area contributed by atoms with Gasteiger partial charge in [0.15, 0.2) is 6.61 Å². The average molecular weight is 440 g/mol. The van der Waals surface area contributed by atoms with Crippen LogP contribution in [0.1, 0.15) is 33.1 Å². The Balaban J connectivity index is 1.42. The summed E-state index contributed by atoms with van der Waals surface area (Å²) in [5, 5.41) is 8.48. The van der Waals surface area contributed by atoms with Crippen LogP contribution in [0.15, 0.2) is 63.6 Å². The number of aryl methyl sites for hydroxylation is 3. The van der Waals surface area contributed by atoms with E-state index >= 15 is 0 Å². The van der Waals surface area contributed by atoms with Crippen LogP contribution >= 0.6 is 0 Å². The number of esters is 1. The van der Waals surface area contributed by atoms with Crippen LogP contribution in [-0.2, 0) is 11.3 Å². The van der Waals surface area contributed by atoms with E-state index in [0.717, 1.165) is 22.3 Å². The smallest absolute Gasteiger partial charge is 0.339 e. The number of carbonyl (C=O) groups is 1. The highest BCUT2D eigenvalue weighted by atomic mass is 16.6. The maximum atomic E-state index is 13.0. The molecule has 164 valence electrons. The van der Waals surface area contributed by atoms with Crippen molar-refractivity contribution in [1.29, 1.82) is 0 Å². The largest absolute Gasteiger partial charge is 0.452 e. The fourth-order valence-electron chi connectivity index (χ4n) is 3.58. The molecule has 0 radical (unpaired) electrons. The Morgan fingerprint density at radius 3 is 2.52 bits per heavy atom. The SMILES string of the molecule is Cc1ccc(-c2cc(C(=O)OCc3nc(-c4ccccc4C)no3)c3c(C)noc3n2)cc1. The lowest BCUT2D eigenvalue weighted by Crippen LogP contribution is -2.07. The van der Waals surface area contributed by atoms with Gasteiger partial charge in [-0.15, -0.1) is 0 Å². The van der Waals surface area contributed by atoms with Crippen LogP contribution in [0.25, 0.3) is 33.7 Å². The molecule has 3 heterocycles. The van der Waals surface area contributed by atoms with Crippen molar-refractivity contribution < 1.29 is 18.6 Å². The molecule has 0 aliphatic carbocycles. The highest BCUT2D eigenvalue weighted by Crippen LogP contribution is 2.28. The molecule has 0 bridgehead atoms. The fourth-order valence-corrected chi connectivity index (χ4v) is 3.58. The van der Waals surface area contributed by atoms with Crippen LogP contribution in [0.3, 0.4) is 0 Å². The maximum Gasteiger partial charge on any atom is 0.339 e. The lowest BCUT2D eigenvalue weighted by atomic mass is 10.0. The summed E-state index contributed by atoms with van der Waals surface area (Å²) in [5.74, 6) is 0.0902. The molecular formula is C25H20N4O4. The third kappa shape index (κ3) is 3.98. The summed E-state index contributed by atoms with van der Waals surface area (Å²) in [4.78, 5) is 21.9. The molecule has 0 unspecified atom stereocenters. The Kier molecular flexibility index (Phi) is 5.18. The quantitative estimate of drug-likeness (QED) is 0.343. The van der Waals surface area contributed by atoms with Gasteiger partial charge in [-0.05, 0) is 32.4 Å². The van der Waals surface area contributed by atoms with E-state index in [1.807, 2.05) is 62.4 Å². The molecule has 0 aliphatic rings. The fraction of sp³-hybridized carbons (Fsp3) is 0.160. The first-order valence-corrected chi connectivity index (χ1v) is 10.4. The highest BCUT2D eigenvalue weighted by molar-refractivity contribution is 6.04. The Bertz CT molecular complexity index is 1470. The monoisotopic (exact) mass is 440 g/mol. The lowest BCUT2D eigenvalue weighted by Gasteiger charge is -2.07. The van der Waals surface area contributed by atoms with Crippen molar-refractivity contribution in [3.8, 4) is 22.6 Å². The molecule has 0 saturated heterocycles.